The van der Waals surface area contributed by atoms with Crippen molar-refractivity contribution in [3.63, 3.8) is 0 Å². The van der Waals surface area contributed by atoms with E-state index in [1.807, 2.05) is 41.0 Å². The van der Waals surface area contributed by atoms with E-state index in [9.17, 15) is 9.18 Å². The Bertz CT molecular complexity index is 1410. The van der Waals surface area contributed by atoms with Gasteiger partial charge in [0.2, 0.25) is 5.91 Å². The first-order valence-corrected chi connectivity index (χ1v) is 11.3. The van der Waals surface area contributed by atoms with E-state index in [-0.39, 0.29) is 17.5 Å². The molecule has 0 aliphatic rings. The molecule has 5 aromatic rings. The molecule has 31 heavy (non-hydrogen) atoms. The maximum Gasteiger partial charge on any atom is 0.236 e. The molecule has 3 aromatic heterocycles. The first-order valence-electron chi connectivity index (χ1n) is 9.46. The summed E-state index contributed by atoms with van der Waals surface area (Å²) in [6.45, 7) is 2.05. The van der Waals surface area contributed by atoms with E-state index >= 15 is 0 Å². The third kappa shape index (κ3) is 3.89. The second kappa shape index (κ2) is 8.09. The van der Waals surface area contributed by atoms with Crippen LogP contribution in [-0.4, -0.2) is 31.2 Å². The molecule has 0 unspecified atom stereocenters. The van der Waals surface area contributed by atoms with Crippen LogP contribution in [0.1, 0.15) is 5.56 Å². The minimum Gasteiger partial charge on any atom is -0.301 e. The standard InChI is InChI=1S/C22H16FN5OS2/c1-13-10-19-26-27-22(28(19)18-5-3-2-4-16(13)18)31-12-20(29)25-21-24-17(11-30-21)14-6-8-15(23)9-7-14/h2-11H,12H2,1H3,(H,24,25,29). The van der Waals surface area contributed by atoms with Gasteiger partial charge < -0.3 is 5.32 Å². The first-order chi connectivity index (χ1) is 15.1. The van der Waals surface area contributed by atoms with Crippen molar-refractivity contribution >= 4 is 50.7 Å². The molecule has 0 aliphatic heterocycles. The number of pyridine rings is 1. The summed E-state index contributed by atoms with van der Waals surface area (Å²) in [7, 11) is 0. The predicted molar refractivity (Wildman–Crippen MR) is 122 cm³/mol. The third-order valence-corrected chi connectivity index (χ3v) is 6.48. The number of thiazole rings is 1. The molecular formula is C22H16FN5OS2. The second-order valence-electron chi connectivity index (χ2n) is 6.90. The summed E-state index contributed by atoms with van der Waals surface area (Å²) in [5, 5.41) is 15.5. The number of benzene rings is 2. The number of para-hydroxylation sites is 1. The summed E-state index contributed by atoms with van der Waals surface area (Å²) in [5.41, 5.74) is 4.38. The quantitative estimate of drug-likeness (QED) is 0.374. The van der Waals surface area contributed by atoms with Crippen molar-refractivity contribution in [3.05, 3.63) is 71.4 Å². The molecular weight excluding hydrogens is 433 g/mol. The third-order valence-electron chi connectivity index (χ3n) is 4.80. The van der Waals surface area contributed by atoms with Crippen molar-refractivity contribution < 1.29 is 9.18 Å². The van der Waals surface area contributed by atoms with E-state index in [1.165, 1.54) is 35.2 Å². The van der Waals surface area contributed by atoms with Gasteiger partial charge in [0.1, 0.15) is 5.82 Å². The summed E-state index contributed by atoms with van der Waals surface area (Å²) in [5.74, 6) is -0.305. The van der Waals surface area contributed by atoms with E-state index in [1.54, 1.807) is 12.1 Å². The maximum atomic E-state index is 13.1. The minimum absolute atomic E-state index is 0.175. The van der Waals surface area contributed by atoms with Crippen LogP contribution in [0.2, 0.25) is 0 Å². The van der Waals surface area contributed by atoms with E-state index in [0.717, 1.165) is 27.7 Å². The SMILES string of the molecule is Cc1cc2nnc(SCC(=O)Nc3nc(-c4ccc(F)cc4)cs3)n2c2ccccc12. The molecule has 0 saturated carbocycles. The molecule has 2 aromatic carbocycles. The highest BCUT2D eigenvalue weighted by molar-refractivity contribution is 7.99. The number of nitrogens with zero attached hydrogens (tertiary/aromatic N) is 4. The van der Waals surface area contributed by atoms with Gasteiger partial charge in [-0.15, -0.1) is 21.5 Å². The molecule has 3 heterocycles. The molecule has 1 N–H and O–H groups in total. The second-order valence-corrected chi connectivity index (χ2v) is 8.70. The lowest BCUT2D eigenvalue weighted by Crippen LogP contribution is -2.14. The highest BCUT2D eigenvalue weighted by Crippen LogP contribution is 2.27. The number of fused-ring (bicyclic) bond motifs is 3. The van der Waals surface area contributed by atoms with Gasteiger partial charge in [-0.25, -0.2) is 9.37 Å². The van der Waals surface area contributed by atoms with Crippen molar-refractivity contribution in [1.82, 2.24) is 19.6 Å². The van der Waals surface area contributed by atoms with Crippen molar-refractivity contribution in [2.45, 2.75) is 12.1 Å². The molecule has 0 saturated heterocycles. The zero-order chi connectivity index (χ0) is 21.4. The molecule has 1 amide bonds. The average molecular weight is 450 g/mol. The number of halogens is 1. The van der Waals surface area contributed by atoms with Crippen molar-refractivity contribution in [2.75, 3.05) is 11.1 Å². The van der Waals surface area contributed by atoms with Gasteiger partial charge in [0, 0.05) is 16.3 Å². The first kappa shape index (κ1) is 19.7. The molecule has 0 spiro atoms. The average Bonchev–Trinajstić information content (AvgIpc) is 3.40. The molecule has 154 valence electrons. The summed E-state index contributed by atoms with van der Waals surface area (Å²) in [4.78, 5) is 16.9. The predicted octanol–water partition coefficient (Wildman–Crippen LogP) is 5.18. The van der Waals surface area contributed by atoms with Crippen LogP contribution < -0.4 is 5.32 Å². The molecule has 0 atom stereocenters. The fraction of sp³-hybridized carbons (Fsp3) is 0.0909. The van der Waals surface area contributed by atoms with Crippen LogP contribution in [0.5, 0.6) is 0 Å². The molecule has 0 fully saturated rings. The number of carbonyl (C=O) groups is 1. The summed E-state index contributed by atoms with van der Waals surface area (Å²) < 4.78 is 15.1. The van der Waals surface area contributed by atoms with Crippen LogP contribution in [0, 0.1) is 12.7 Å². The molecule has 0 bridgehead atoms. The van der Waals surface area contributed by atoms with Crippen LogP contribution >= 0.6 is 23.1 Å². The highest BCUT2D eigenvalue weighted by Gasteiger charge is 2.14. The lowest BCUT2D eigenvalue weighted by Gasteiger charge is -2.07. The number of aryl methyl sites for hydroxylation is 1. The van der Waals surface area contributed by atoms with Crippen LogP contribution in [0.3, 0.4) is 0 Å². The van der Waals surface area contributed by atoms with E-state index < -0.39 is 0 Å². The monoisotopic (exact) mass is 449 g/mol. The largest absolute Gasteiger partial charge is 0.301 e. The Morgan fingerprint density at radius 1 is 1.16 bits per heavy atom. The Kier molecular flexibility index (Phi) is 5.13. The molecule has 5 rings (SSSR count). The van der Waals surface area contributed by atoms with Crippen LogP contribution in [0.25, 0.3) is 27.8 Å². The minimum atomic E-state index is -0.298. The molecule has 0 aliphatic carbocycles. The lowest BCUT2D eigenvalue weighted by molar-refractivity contribution is -0.113. The number of hydrogen-bond acceptors (Lipinski definition) is 6. The van der Waals surface area contributed by atoms with Crippen LogP contribution in [-0.2, 0) is 4.79 Å². The normalized spacial score (nSPS) is 11.3. The number of carbonyl (C=O) groups excluding carboxylic acids is 1. The van der Waals surface area contributed by atoms with Crippen molar-refractivity contribution in [2.24, 2.45) is 0 Å². The van der Waals surface area contributed by atoms with Crippen molar-refractivity contribution in [3.8, 4) is 11.3 Å². The Hall–Kier alpha value is -3.30. The lowest BCUT2D eigenvalue weighted by atomic mass is 10.1. The number of amides is 1. The van der Waals surface area contributed by atoms with Gasteiger partial charge in [-0.2, -0.15) is 0 Å². The van der Waals surface area contributed by atoms with Crippen LogP contribution in [0.15, 0.2) is 65.1 Å². The molecule has 0 radical (unpaired) electrons. The highest BCUT2D eigenvalue weighted by atomic mass is 32.2. The van der Waals surface area contributed by atoms with E-state index in [0.29, 0.717) is 16.0 Å². The molecule has 9 heteroatoms. The van der Waals surface area contributed by atoms with Gasteiger partial charge in [-0.3, -0.25) is 9.20 Å². The summed E-state index contributed by atoms with van der Waals surface area (Å²) in [6.07, 6.45) is 0. The summed E-state index contributed by atoms with van der Waals surface area (Å²) >= 11 is 2.65. The van der Waals surface area contributed by atoms with Crippen LogP contribution in [0.4, 0.5) is 9.52 Å². The zero-order valence-electron chi connectivity index (χ0n) is 16.4. The maximum absolute atomic E-state index is 13.1. The van der Waals surface area contributed by atoms with Gasteiger partial charge in [-0.1, -0.05) is 30.0 Å². The Labute approximate surface area is 185 Å². The number of anilines is 1. The van der Waals surface area contributed by atoms with Crippen molar-refractivity contribution in [1.29, 1.82) is 0 Å². The zero-order valence-corrected chi connectivity index (χ0v) is 18.0. The fourth-order valence-corrected chi connectivity index (χ4v) is 4.83. The summed E-state index contributed by atoms with van der Waals surface area (Å²) in [6, 6.07) is 16.1. The van der Waals surface area contributed by atoms with Gasteiger partial charge in [0.25, 0.3) is 0 Å². The van der Waals surface area contributed by atoms with Gasteiger partial charge in [0.05, 0.1) is 17.0 Å². The van der Waals surface area contributed by atoms with E-state index in [2.05, 4.69) is 26.6 Å². The number of rotatable bonds is 5. The Balaban J connectivity index is 1.31. The van der Waals surface area contributed by atoms with E-state index in [4.69, 9.17) is 0 Å². The number of hydrogen-bond donors (Lipinski definition) is 1. The fourth-order valence-electron chi connectivity index (χ4n) is 3.34. The smallest absolute Gasteiger partial charge is 0.236 e. The van der Waals surface area contributed by atoms with Gasteiger partial charge in [-0.05, 0) is 48.9 Å². The van der Waals surface area contributed by atoms with Gasteiger partial charge in [0.15, 0.2) is 15.9 Å². The Morgan fingerprint density at radius 3 is 2.81 bits per heavy atom. The number of thioether (sulfide) groups is 1. The number of aromatic nitrogens is 4. The van der Waals surface area contributed by atoms with Gasteiger partial charge >= 0.3 is 0 Å². The number of nitrogens with one attached hydrogen (secondary N) is 1. The molecule has 6 nitrogen and oxygen atoms in total. The Morgan fingerprint density at radius 2 is 1.97 bits per heavy atom. The topological polar surface area (TPSA) is 72.2 Å².